The number of nitrogens with zero attached hydrogens (tertiary/aromatic N) is 2. The van der Waals surface area contributed by atoms with E-state index in [1.54, 1.807) is 0 Å². The average Bonchev–Trinajstić information content (AvgIpc) is 3.27. The first-order valence-corrected chi connectivity index (χ1v) is 12.4. The number of ether oxygens (including phenoxy) is 1. The summed E-state index contributed by atoms with van der Waals surface area (Å²) in [5.74, 6) is 0.522. The number of carbonyl (C=O) groups is 1. The molecule has 0 unspecified atom stereocenters. The van der Waals surface area contributed by atoms with Crippen LogP contribution in [0.1, 0.15) is 47.5 Å². The monoisotopic (exact) mass is 491 g/mol. The lowest BCUT2D eigenvalue weighted by atomic mass is 10.0. The Morgan fingerprint density at radius 3 is 2.56 bits per heavy atom. The molecule has 2 aromatic heterocycles. The maximum Gasteiger partial charge on any atom is 0.272 e. The number of hydrazone groups is 1. The summed E-state index contributed by atoms with van der Waals surface area (Å²) in [4.78, 5) is 19.1. The van der Waals surface area contributed by atoms with Gasteiger partial charge in [0, 0.05) is 10.9 Å². The van der Waals surface area contributed by atoms with E-state index in [9.17, 15) is 4.79 Å². The Bertz CT molecular complexity index is 1350. The summed E-state index contributed by atoms with van der Waals surface area (Å²) >= 11 is 7.56. The second-order valence-electron chi connectivity index (χ2n) is 7.89. The third kappa shape index (κ3) is 5.46. The molecule has 0 fully saturated rings. The molecule has 4 aromatic rings. The lowest BCUT2D eigenvalue weighted by molar-refractivity contribution is 0.0956. The van der Waals surface area contributed by atoms with Crippen molar-refractivity contribution in [1.29, 1.82) is 0 Å². The van der Waals surface area contributed by atoms with Gasteiger partial charge in [0.25, 0.3) is 5.91 Å². The van der Waals surface area contributed by atoms with Crippen LogP contribution in [0.4, 0.5) is 0 Å². The lowest BCUT2D eigenvalue weighted by Crippen LogP contribution is -2.20. The number of carbonyl (C=O) groups excluding carboxylic acids is 1. The highest BCUT2D eigenvalue weighted by Gasteiger charge is 2.15. The molecule has 0 aliphatic rings. The number of aryl methyl sites for hydroxylation is 1. The molecular weight excluding hydrogens is 466 g/mol. The molecule has 174 valence electrons. The van der Waals surface area contributed by atoms with Crippen molar-refractivity contribution in [3.05, 3.63) is 81.0 Å². The minimum Gasteiger partial charge on any atom is -0.494 e. The molecule has 2 heterocycles. The number of pyridine rings is 1. The van der Waals surface area contributed by atoms with Crippen molar-refractivity contribution in [2.45, 2.75) is 33.6 Å². The lowest BCUT2D eigenvalue weighted by Gasteiger charge is -2.11. The quantitative estimate of drug-likeness (QED) is 0.208. The molecule has 1 amide bonds. The fraction of sp³-hybridized carbons (Fsp3) is 0.222. The van der Waals surface area contributed by atoms with Crippen LogP contribution in [0.2, 0.25) is 4.34 Å². The van der Waals surface area contributed by atoms with Gasteiger partial charge < -0.3 is 4.74 Å². The minimum atomic E-state index is -0.276. The van der Waals surface area contributed by atoms with Crippen molar-refractivity contribution in [2.24, 2.45) is 5.10 Å². The van der Waals surface area contributed by atoms with E-state index in [0.717, 1.165) is 51.2 Å². The van der Waals surface area contributed by atoms with Gasteiger partial charge in [-0.05, 0) is 74.9 Å². The van der Waals surface area contributed by atoms with Gasteiger partial charge in [-0.1, -0.05) is 36.6 Å². The first kappa shape index (κ1) is 23.9. The predicted octanol–water partition coefficient (Wildman–Crippen LogP) is 7.26. The Labute approximate surface area is 208 Å². The van der Waals surface area contributed by atoms with Gasteiger partial charge in [0.2, 0.25) is 0 Å². The summed E-state index contributed by atoms with van der Waals surface area (Å²) < 4.78 is 6.24. The van der Waals surface area contributed by atoms with Gasteiger partial charge in [0.15, 0.2) is 0 Å². The second-order valence-corrected chi connectivity index (χ2v) is 9.60. The highest BCUT2D eigenvalue weighted by molar-refractivity contribution is 7.18. The van der Waals surface area contributed by atoms with Crippen LogP contribution in [0.5, 0.6) is 5.75 Å². The maximum atomic E-state index is 13.3. The molecule has 0 aliphatic heterocycles. The molecule has 7 heteroatoms. The number of thiophene rings is 1. The van der Waals surface area contributed by atoms with Crippen LogP contribution in [-0.2, 0) is 0 Å². The molecule has 0 spiro atoms. The number of halogens is 1. The number of amides is 1. The van der Waals surface area contributed by atoms with Crippen LogP contribution in [0.15, 0.2) is 65.8 Å². The van der Waals surface area contributed by atoms with Crippen molar-refractivity contribution in [3.8, 4) is 17.0 Å². The zero-order chi connectivity index (χ0) is 24.1. The highest BCUT2D eigenvalue weighted by atomic mass is 35.5. The zero-order valence-corrected chi connectivity index (χ0v) is 21.0. The molecule has 0 saturated heterocycles. The topological polar surface area (TPSA) is 63.6 Å². The number of aromatic nitrogens is 1. The van der Waals surface area contributed by atoms with E-state index >= 15 is 0 Å². The van der Waals surface area contributed by atoms with Crippen molar-refractivity contribution in [1.82, 2.24) is 10.4 Å². The molecule has 5 nitrogen and oxygen atoms in total. The standard InChI is InChI=1S/C27H26ClN3O2S/c1-4-6-23(25-13-14-26(28)34-25)30-31-27(32)21-16-24(18-8-10-19(11-9-18)33-5-2)29-22-12-7-17(3)15-20(21)22/h7-16H,4-6H2,1-3H3,(H,31,32). The van der Waals surface area contributed by atoms with Gasteiger partial charge in [0.1, 0.15) is 5.75 Å². The van der Waals surface area contributed by atoms with E-state index in [1.807, 2.05) is 74.5 Å². The first-order chi connectivity index (χ1) is 16.5. The molecule has 2 aromatic carbocycles. The summed E-state index contributed by atoms with van der Waals surface area (Å²) in [6.07, 6.45) is 1.65. The largest absolute Gasteiger partial charge is 0.494 e. The van der Waals surface area contributed by atoms with Gasteiger partial charge in [0.05, 0.1) is 38.3 Å². The Morgan fingerprint density at radius 1 is 1.09 bits per heavy atom. The molecule has 0 bridgehead atoms. The molecule has 0 aliphatic carbocycles. The maximum absolute atomic E-state index is 13.3. The Kier molecular flexibility index (Phi) is 7.60. The number of rotatable bonds is 8. The van der Waals surface area contributed by atoms with E-state index in [4.69, 9.17) is 21.3 Å². The molecule has 1 N–H and O–H groups in total. The molecule has 34 heavy (non-hydrogen) atoms. The number of fused-ring (bicyclic) bond motifs is 1. The fourth-order valence-electron chi connectivity index (χ4n) is 3.68. The van der Waals surface area contributed by atoms with Gasteiger partial charge in [-0.3, -0.25) is 4.79 Å². The van der Waals surface area contributed by atoms with Crippen LogP contribution in [0.25, 0.3) is 22.2 Å². The molecule has 0 atom stereocenters. The van der Waals surface area contributed by atoms with Crippen molar-refractivity contribution >= 4 is 45.5 Å². The van der Waals surface area contributed by atoms with Crippen molar-refractivity contribution in [3.63, 3.8) is 0 Å². The third-order valence-corrected chi connectivity index (χ3v) is 6.59. The Hall–Kier alpha value is -3.22. The van der Waals surface area contributed by atoms with Crippen LogP contribution >= 0.6 is 22.9 Å². The fourth-order valence-corrected chi connectivity index (χ4v) is 4.74. The smallest absolute Gasteiger partial charge is 0.272 e. The average molecular weight is 492 g/mol. The molecule has 4 rings (SSSR count). The summed E-state index contributed by atoms with van der Waals surface area (Å²) in [7, 11) is 0. The number of benzene rings is 2. The van der Waals surface area contributed by atoms with Crippen LogP contribution in [0, 0.1) is 6.92 Å². The van der Waals surface area contributed by atoms with Gasteiger partial charge in [-0.15, -0.1) is 11.3 Å². The van der Waals surface area contributed by atoms with Crippen molar-refractivity contribution < 1.29 is 9.53 Å². The minimum absolute atomic E-state index is 0.276. The van der Waals surface area contributed by atoms with Gasteiger partial charge in [-0.25, -0.2) is 10.4 Å². The summed E-state index contributed by atoms with van der Waals surface area (Å²) in [6, 6.07) is 19.2. The van der Waals surface area contributed by atoms with E-state index in [-0.39, 0.29) is 5.91 Å². The zero-order valence-electron chi connectivity index (χ0n) is 19.4. The van der Waals surface area contributed by atoms with Crippen LogP contribution < -0.4 is 10.2 Å². The SMILES string of the molecule is CCCC(=NNC(=O)c1cc(-c2ccc(OCC)cc2)nc2ccc(C)cc12)c1ccc(Cl)s1. The van der Waals surface area contributed by atoms with E-state index in [2.05, 4.69) is 17.5 Å². The summed E-state index contributed by atoms with van der Waals surface area (Å²) in [5.41, 5.74) is 7.55. The first-order valence-electron chi connectivity index (χ1n) is 11.3. The number of hydrogen-bond acceptors (Lipinski definition) is 5. The third-order valence-electron chi connectivity index (χ3n) is 5.31. The summed E-state index contributed by atoms with van der Waals surface area (Å²) in [5, 5.41) is 5.26. The Morgan fingerprint density at radius 2 is 1.88 bits per heavy atom. The van der Waals surface area contributed by atoms with E-state index in [1.165, 1.54) is 11.3 Å². The normalized spacial score (nSPS) is 11.6. The molecule has 0 saturated carbocycles. The highest BCUT2D eigenvalue weighted by Crippen LogP contribution is 2.28. The van der Waals surface area contributed by atoms with Gasteiger partial charge in [-0.2, -0.15) is 5.10 Å². The predicted molar refractivity (Wildman–Crippen MR) is 141 cm³/mol. The van der Waals surface area contributed by atoms with Crippen LogP contribution in [0.3, 0.4) is 0 Å². The second kappa shape index (κ2) is 10.8. The number of nitrogens with one attached hydrogen (secondary N) is 1. The van der Waals surface area contributed by atoms with Crippen LogP contribution in [-0.4, -0.2) is 23.2 Å². The summed E-state index contributed by atoms with van der Waals surface area (Å²) in [6.45, 7) is 6.64. The molecular formula is C27H26ClN3O2S. The van der Waals surface area contributed by atoms with E-state index in [0.29, 0.717) is 22.2 Å². The van der Waals surface area contributed by atoms with E-state index < -0.39 is 0 Å². The number of hydrogen-bond donors (Lipinski definition) is 1. The molecule has 0 radical (unpaired) electrons. The Balaban J connectivity index is 1.72. The van der Waals surface area contributed by atoms with Crippen molar-refractivity contribution in [2.75, 3.05) is 6.61 Å². The van der Waals surface area contributed by atoms with Gasteiger partial charge >= 0.3 is 0 Å².